The van der Waals surface area contributed by atoms with Gasteiger partial charge in [0.15, 0.2) is 0 Å². The molecule has 7 heteroatoms. The second-order valence-electron chi connectivity index (χ2n) is 8.10. The summed E-state index contributed by atoms with van der Waals surface area (Å²) in [5.41, 5.74) is 4.44. The first-order valence-electron chi connectivity index (χ1n) is 10.8. The molecule has 0 aromatic heterocycles. The topological polar surface area (TPSA) is 105 Å². The molecule has 0 saturated carbocycles. The maximum Gasteiger partial charge on any atom is 0.407 e. The van der Waals surface area contributed by atoms with Crippen LogP contribution in [0.5, 0.6) is 0 Å². The number of carbonyl (C=O) groups excluding carboxylic acids is 2. The number of fused-ring (bicyclic) bond motifs is 3. The molecular weight excluding hydrogens is 408 g/mol. The van der Waals surface area contributed by atoms with Crippen molar-refractivity contribution in [1.29, 1.82) is 0 Å². The third kappa shape index (κ3) is 4.82. The Hall–Kier alpha value is -3.61. The number of rotatable bonds is 8. The predicted octanol–water partition coefficient (Wildman–Crippen LogP) is 3.59. The van der Waals surface area contributed by atoms with E-state index in [1.807, 2.05) is 48.6 Å². The third-order valence-electron chi connectivity index (χ3n) is 5.95. The van der Waals surface area contributed by atoms with Crippen LogP contribution in [-0.4, -0.2) is 41.8 Å². The van der Waals surface area contributed by atoms with Crippen molar-refractivity contribution in [2.75, 3.05) is 6.61 Å². The Labute approximate surface area is 186 Å². The lowest BCUT2D eigenvalue weighted by molar-refractivity contribution is -0.137. The highest BCUT2D eigenvalue weighted by Gasteiger charge is 2.30. The molecule has 2 aromatic carbocycles. The Morgan fingerprint density at radius 1 is 0.969 bits per heavy atom. The van der Waals surface area contributed by atoms with Gasteiger partial charge < -0.3 is 20.5 Å². The van der Waals surface area contributed by atoms with Gasteiger partial charge in [-0.05, 0) is 41.5 Å². The van der Waals surface area contributed by atoms with E-state index in [0.29, 0.717) is 0 Å². The van der Waals surface area contributed by atoms with Crippen LogP contribution in [0.1, 0.15) is 42.7 Å². The molecule has 3 N–H and O–H groups in total. The first kappa shape index (κ1) is 21.6. The number of carbonyl (C=O) groups is 3. The van der Waals surface area contributed by atoms with Crippen LogP contribution in [0.4, 0.5) is 4.79 Å². The summed E-state index contributed by atoms with van der Waals surface area (Å²) in [5.74, 6) is -1.52. The quantitative estimate of drug-likeness (QED) is 0.551. The van der Waals surface area contributed by atoms with Crippen LogP contribution < -0.4 is 10.6 Å². The van der Waals surface area contributed by atoms with Crippen LogP contribution in [0.25, 0.3) is 11.1 Å². The molecule has 7 nitrogen and oxygen atoms in total. The molecule has 0 saturated heterocycles. The molecule has 0 aliphatic heterocycles. The molecule has 0 fully saturated rings. The minimum atomic E-state index is -1.03. The van der Waals surface area contributed by atoms with Crippen molar-refractivity contribution in [3.05, 3.63) is 71.8 Å². The van der Waals surface area contributed by atoms with Gasteiger partial charge in [-0.15, -0.1) is 0 Å². The summed E-state index contributed by atoms with van der Waals surface area (Å²) in [5, 5.41) is 14.4. The number of benzene rings is 2. The van der Waals surface area contributed by atoms with E-state index < -0.39 is 24.0 Å². The molecule has 0 bridgehead atoms. The van der Waals surface area contributed by atoms with E-state index in [1.54, 1.807) is 0 Å². The molecule has 1 unspecified atom stereocenters. The number of carboxylic acids is 1. The lowest BCUT2D eigenvalue weighted by atomic mass is 9.98. The van der Waals surface area contributed by atoms with Crippen LogP contribution in [0.15, 0.2) is 60.7 Å². The van der Waals surface area contributed by atoms with Gasteiger partial charge in [-0.2, -0.15) is 0 Å². The number of hydrogen-bond donors (Lipinski definition) is 3. The van der Waals surface area contributed by atoms with E-state index in [2.05, 4.69) is 22.8 Å². The number of hydrogen-bond acceptors (Lipinski definition) is 4. The van der Waals surface area contributed by atoms with Gasteiger partial charge >= 0.3 is 12.1 Å². The van der Waals surface area contributed by atoms with Crippen LogP contribution in [-0.2, 0) is 14.3 Å². The molecule has 0 radical (unpaired) electrons. The van der Waals surface area contributed by atoms with Gasteiger partial charge in [0.05, 0.1) is 0 Å². The molecule has 0 heterocycles. The molecule has 166 valence electrons. The molecular formula is C25H26N2O5. The van der Waals surface area contributed by atoms with E-state index in [1.165, 1.54) is 0 Å². The molecule has 4 rings (SSSR count). The van der Waals surface area contributed by atoms with Crippen LogP contribution >= 0.6 is 0 Å². The van der Waals surface area contributed by atoms with E-state index in [-0.39, 0.29) is 31.4 Å². The van der Waals surface area contributed by atoms with Gasteiger partial charge in [0.25, 0.3) is 0 Å². The Balaban J connectivity index is 1.39. The molecule has 32 heavy (non-hydrogen) atoms. The Morgan fingerprint density at radius 3 is 2.16 bits per heavy atom. The number of ether oxygens (including phenoxy) is 1. The van der Waals surface area contributed by atoms with Crippen molar-refractivity contribution in [2.24, 2.45) is 0 Å². The average molecular weight is 434 g/mol. The van der Waals surface area contributed by atoms with Crippen molar-refractivity contribution in [3.8, 4) is 11.1 Å². The summed E-state index contributed by atoms with van der Waals surface area (Å²) in [4.78, 5) is 36.2. The van der Waals surface area contributed by atoms with Gasteiger partial charge in [0, 0.05) is 18.4 Å². The van der Waals surface area contributed by atoms with Crippen molar-refractivity contribution in [3.63, 3.8) is 0 Å². The number of aliphatic carboxylic acids is 1. The zero-order valence-electron chi connectivity index (χ0n) is 17.6. The number of alkyl carbamates (subject to hydrolysis) is 1. The van der Waals surface area contributed by atoms with E-state index >= 15 is 0 Å². The largest absolute Gasteiger partial charge is 0.481 e. The van der Waals surface area contributed by atoms with Gasteiger partial charge in [-0.25, -0.2) is 4.79 Å². The fourth-order valence-electron chi connectivity index (χ4n) is 4.36. The number of nitrogens with one attached hydrogen (secondary N) is 2. The molecule has 2 aromatic rings. The zero-order chi connectivity index (χ0) is 22.5. The number of carboxylic acid groups (broad SMARTS) is 1. The van der Waals surface area contributed by atoms with Gasteiger partial charge in [0.2, 0.25) is 5.91 Å². The van der Waals surface area contributed by atoms with Crippen molar-refractivity contribution in [2.45, 2.75) is 43.7 Å². The zero-order valence-corrected chi connectivity index (χ0v) is 17.6. The van der Waals surface area contributed by atoms with Crippen molar-refractivity contribution in [1.82, 2.24) is 10.6 Å². The second-order valence-corrected chi connectivity index (χ2v) is 8.10. The molecule has 0 spiro atoms. The smallest absolute Gasteiger partial charge is 0.407 e. The summed E-state index contributed by atoms with van der Waals surface area (Å²) in [7, 11) is 0. The maximum atomic E-state index is 12.6. The van der Waals surface area contributed by atoms with Crippen molar-refractivity contribution >= 4 is 18.0 Å². The Bertz CT molecular complexity index is 995. The maximum absolute atomic E-state index is 12.6. The van der Waals surface area contributed by atoms with Crippen LogP contribution in [0.3, 0.4) is 0 Å². The summed E-state index contributed by atoms with van der Waals surface area (Å²) in [6.07, 6.45) is 4.44. The molecule has 2 aliphatic carbocycles. The Kier molecular flexibility index (Phi) is 6.54. The van der Waals surface area contributed by atoms with E-state index in [0.717, 1.165) is 35.1 Å². The predicted molar refractivity (Wildman–Crippen MR) is 119 cm³/mol. The Morgan fingerprint density at radius 2 is 1.56 bits per heavy atom. The molecule has 1 atom stereocenters. The average Bonchev–Trinajstić information content (AvgIpc) is 3.41. The number of amides is 2. The highest BCUT2D eigenvalue weighted by Crippen LogP contribution is 2.44. The standard InChI is InChI=1S/C25H26N2O5/c28-23(29)14-13-22(24(30)26-16-7-1-2-8-16)27-25(31)32-15-21-19-11-5-3-9-17(19)18-10-4-6-12-20(18)21/h1-6,9-12,16,21-22H,7-8,13-15H2,(H,26,30)(H,27,31)(H,28,29). The fraction of sp³-hybridized carbons (Fsp3) is 0.320. The van der Waals surface area contributed by atoms with Gasteiger partial charge in [-0.3, -0.25) is 9.59 Å². The first-order chi connectivity index (χ1) is 15.5. The fourth-order valence-corrected chi connectivity index (χ4v) is 4.36. The molecule has 2 aliphatic rings. The highest BCUT2D eigenvalue weighted by atomic mass is 16.5. The summed E-state index contributed by atoms with van der Waals surface area (Å²) in [6, 6.07) is 15.1. The minimum Gasteiger partial charge on any atom is -0.481 e. The van der Waals surface area contributed by atoms with E-state index in [4.69, 9.17) is 9.84 Å². The van der Waals surface area contributed by atoms with Gasteiger partial charge in [0.1, 0.15) is 12.6 Å². The molecule has 2 amide bonds. The third-order valence-corrected chi connectivity index (χ3v) is 5.95. The second kappa shape index (κ2) is 9.68. The van der Waals surface area contributed by atoms with Crippen LogP contribution in [0, 0.1) is 0 Å². The lowest BCUT2D eigenvalue weighted by Crippen LogP contribution is -2.49. The minimum absolute atomic E-state index is 0.00842. The summed E-state index contributed by atoms with van der Waals surface area (Å²) in [6.45, 7) is 0.125. The summed E-state index contributed by atoms with van der Waals surface area (Å²) < 4.78 is 5.51. The lowest BCUT2D eigenvalue weighted by Gasteiger charge is -2.21. The normalized spacial score (nSPS) is 15.6. The highest BCUT2D eigenvalue weighted by molar-refractivity contribution is 5.86. The monoisotopic (exact) mass is 434 g/mol. The van der Waals surface area contributed by atoms with E-state index in [9.17, 15) is 14.4 Å². The van der Waals surface area contributed by atoms with Crippen molar-refractivity contribution < 1.29 is 24.2 Å². The summed E-state index contributed by atoms with van der Waals surface area (Å²) >= 11 is 0. The first-order valence-corrected chi connectivity index (χ1v) is 10.8. The van der Waals surface area contributed by atoms with Crippen LogP contribution in [0.2, 0.25) is 0 Å². The van der Waals surface area contributed by atoms with Gasteiger partial charge in [-0.1, -0.05) is 60.7 Å². The SMILES string of the molecule is O=C(O)CCC(NC(=O)OCC1c2ccccc2-c2ccccc21)C(=O)NC1CC=CC1.